The molecule has 94 valence electrons. The normalized spacial score (nSPS) is 18.2. The number of halogens is 1. The van der Waals surface area contributed by atoms with Crippen molar-refractivity contribution in [1.82, 2.24) is 10.3 Å². The lowest BCUT2D eigenvalue weighted by molar-refractivity contribution is 0.401. The predicted molar refractivity (Wildman–Crippen MR) is 69.6 cm³/mol. The topological polar surface area (TPSA) is 59.1 Å². The van der Waals surface area contributed by atoms with E-state index in [4.69, 9.17) is 0 Å². The number of piperidine rings is 1. The largest absolute Gasteiger partial charge is 0.317 e. The summed E-state index contributed by atoms with van der Waals surface area (Å²) in [6.07, 6.45) is 1.85. The van der Waals surface area contributed by atoms with Gasteiger partial charge in [0.05, 0.1) is 5.75 Å². The minimum atomic E-state index is -3.25. The lowest BCUT2D eigenvalue weighted by Crippen LogP contribution is -2.31. The van der Waals surface area contributed by atoms with E-state index < -0.39 is 9.84 Å². The van der Waals surface area contributed by atoms with Crippen LogP contribution in [0.5, 0.6) is 0 Å². The predicted octanol–water partition coefficient (Wildman–Crippen LogP) is 1.62. The van der Waals surface area contributed by atoms with Crippen molar-refractivity contribution in [2.75, 3.05) is 18.8 Å². The van der Waals surface area contributed by atoms with Crippen molar-refractivity contribution in [3.05, 3.63) is 22.8 Å². The van der Waals surface area contributed by atoms with Crippen molar-refractivity contribution >= 4 is 25.8 Å². The molecule has 0 bridgehead atoms. The van der Waals surface area contributed by atoms with Crippen LogP contribution in [-0.2, 0) is 9.84 Å². The van der Waals surface area contributed by atoms with Gasteiger partial charge in [-0.15, -0.1) is 0 Å². The molecule has 1 aliphatic heterocycles. The van der Waals surface area contributed by atoms with E-state index in [-0.39, 0.29) is 16.7 Å². The van der Waals surface area contributed by atoms with Gasteiger partial charge in [0, 0.05) is 0 Å². The van der Waals surface area contributed by atoms with Gasteiger partial charge in [-0.25, -0.2) is 13.4 Å². The molecule has 1 saturated heterocycles. The van der Waals surface area contributed by atoms with E-state index in [1.807, 2.05) is 0 Å². The number of nitrogens with zero attached hydrogens (tertiary/aromatic N) is 1. The standard InChI is InChI=1S/C11H15BrN2O2S/c12-10-2-1-3-11(14-10)17(15,16)8-9-4-6-13-7-5-9/h1-3,9,13H,4-8H2. The Kier molecular flexibility index (Phi) is 4.17. The van der Waals surface area contributed by atoms with Crippen LogP contribution in [-0.4, -0.2) is 32.2 Å². The second kappa shape index (κ2) is 5.46. The van der Waals surface area contributed by atoms with E-state index in [0.717, 1.165) is 25.9 Å². The van der Waals surface area contributed by atoms with Crippen molar-refractivity contribution in [2.45, 2.75) is 17.9 Å². The van der Waals surface area contributed by atoms with Crippen molar-refractivity contribution in [2.24, 2.45) is 5.92 Å². The first-order chi connectivity index (χ1) is 8.08. The summed E-state index contributed by atoms with van der Waals surface area (Å²) >= 11 is 3.19. The number of hydrogen-bond donors (Lipinski definition) is 1. The third-order valence-corrected chi connectivity index (χ3v) is 5.14. The number of aromatic nitrogens is 1. The Morgan fingerprint density at radius 1 is 1.35 bits per heavy atom. The molecule has 1 N–H and O–H groups in total. The summed E-state index contributed by atoms with van der Waals surface area (Å²) in [6, 6.07) is 4.98. The van der Waals surface area contributed by atoms with Crippen LogP contribution >= 0.6 is 15.9 Å². The highest BCUT2D eigenvalue weighted by molar-refractivity contribution is 9.10. The Hall–Kier alpha value is -0.460. The van der Waals surface area contributed by atoms with Crippen LogP contribution < -0.4 is 5.32 Å². The van der Waals surface area contributed by atoms with Crippen LogP contribution in [0.4, 0.5) is 0 Å². The third kappa shape index (κ3) is 3.50. The average molecular weight is 319 g/mol. The lowest BCUT2D eigenvalue weighted by Gasteiger charge is -2.22. The Morgan fingerprint density at radius 3 is 2.71 bits per heavy atom. The maximum Gasteiger partial charge on any atom is 0.195 e. The zero-order valence-electron chi connectivity index (χ0n) is 9.39. The number of nitrogens with one attached hydrogen (secondary N) is 1. The van der Waals surface area contributed by atoms with E-state index in [2.05, 4.69) is 26.2 Å². The molecule has 0 atom stereocenters. The molecular formula is C11H15BrN2O2S. The molecule has 1 aromatic heterocycles. The number of hydrogen-bond acceptors (Lipinski definition) is 4. The molecule has 2 rings (SSSR count). The quantitative estimate of drug-likeness (QED) is 0.860. The molecule has 17 heavy (non-hydrogen) atoms. The maximum atomic E-state index is 12.1. The first kappa shape index (κ1) is 13.0. The van der Waals surface area contributed by atoms with Crippen LogP contribution in [0, 0.1) is 5.92 Å². The summed E-state index contributed by atoms with van der Waals surface area (Å²) in [5, 5.41) is 3.40. The van der Waals surface area contributed by atoms with Crippen LogP contribution in [0.3, 0.4) is 0 Å². The molecule has 4 nitrogen and oxygen atoms in total. The smallest absolute Gasteiger partial charge is 0.195 e. The van der Waals surface area contributed by atoms with E-state index in [1.165, 1.54) is 0 Å². The number of sulfone groups is 1. The number of rotatable bonds is 3. The number of pyridine rings is 1. The van der Waals surface area contributed by atoms with Gasteiger partial charge in [-0.1, -0.05) is 6.07 Å². The summed E-state index contributed by atoms with van der Waals surface area (Å²) in [5.74, 6) is 0.458. The fraction of sp³-hybridized carbons (Fsp3) is 0.545. The summed E-state index contributed by atoms with van der Waals surface area (Å²) in [5.41, 5.74) is 0. The van der Waals surface area contributed by atoms with E-state index in [0.29, 0.717) is 4.60 Å². The average Bonchev–Trinajstić information content (AvgIpc) is 2.30. The van der Waals surface area contributed by atoms with Gasteiger partial charge in [-0.2, -0.15) is 0 Å². The molecule has 6 heteroatoms. The zero-order valence-corrected chi connectivity index (χ0v) is 11.8. The monoisotopic (exact) mass is 318 g/mol. The van der Waals surface area contributed by atoms with Crippen LogP contribution in [0.15, 0.2) is 27.8 Å². The van der Waals surface area contributed by atoms with Gasteiger partial charge in [-0.05, 0) is 59.9 Å². The van der Waals surface area contributed by atoms with Gasteiger partial charge in [0.25, 0.3) is 0 Å². The molecule has 0 spiro atoms. The molecule has 1 aliphatic rings. The van der Waals surface area contributed by atoms with Gasteiger partial charge < -0.3 is 5.32 Å². The summed E-state index contributed by atoms with van der Waals surface area (Å²) in [7, 11) is -3.25. The van der Waals surface area contributed by atoms with Gasteiger partial charge in [0.1, 0.15) is 4.60 Å². The lowest BCUT2D eigenvalue weighted by atomic mass is 10.0. The first-order valence-corrected chi connectivity index (χ1v) is 8.08. The zero-order chi connectivity index (χ0) is 12.3. The van der Waals surface area contributed by atoms with Gasteiger partial charge >= 0.3 is 0 Å². The SMILES string of the molecule is O=S(=O)(CC1CCNCC1)c1cccc(Br)n1. The molecule has 0 aromatic carbocycles. The second-order valence-electron chi connectivity index (χ2n) is 4.27. The molecule has 2 heterocycles. The van der Waals surface area contributed by atoms with E-state index in [1.54, 1.807) is 18.2 Å². The molecule has 0 unspecified atom stereocenters. The van der Waals surface area contributed by atoms with Crippen LogP contribution in [0.2, 0.25) is 0 Å². The molecule has 0 saturated carbocycles. The molecule has 0 amide bonds. The van der Waals surface area contributed by atoms with E-state index >= 15 is 0 Å². The minimum absolute atomic E-state index is 0.172. The highest BCUT2D eigenvalue weighted by atomic mass is 79.9. The summed E-state index contributed by atoms with van der Waals surface area (Å²) in [6.45, 7) is 1.82. The van der Waals surface area contributed by atoms with Crippen molar-refractivity contribution in [3.8, 4) is 0 Å². The Balaban J connectivity index is 2.13. The van der Waals surface area contributed by atoms with Gasteiger partial charge in [0.2, 0.25) is 0 Å². The Labute approximate surface area is 110 Å². The molecule has 1 aromatic rings. The summed E-state index contributed by atoms with van der Waals surface area (Å²) < 4.78 is 24.9. The highest BCUT2D eigenvalue weighted by Crippen LogP contribution is 2.19. The van der Waals surface area contributed by atoms with Gasteiger partial charge in [0.15, 0.2) is 14.9 Å². The van der Waals surface area contributed by atoms with Crippen LogP contribution in [0.25, 0.3) is 0 Å². The Morgan fingerprint density at radius 2 is 2.06 bits per heavy atom. The fourth-order valence-electron chi connectivity index (χ4n) is 2.01. The second-order valence-corrected chi connectivity index (χ2v) is 7.07. The molecule has 0 radical (unpaired) electrons. The molecule has 1 fully saturated rings. The summed E-state index contributed by atoms with van der Waals surface area (Å²) in [4.78, 5) is 4.02. The first-order valence-electron chi connectivity index (χ1n) is 5.64. The third-order valence-electron chi connectivity index (χ3n) is 2.92. The minimum Gasteiger partial charge on any atom is -0.317 e. The maximum absolute atomic E-state index is 12.1. The van der Waals surface area contributed by atoms with Crippen LogP contribution in [0.1, 0.15) is 12.8 Å². The van der Waals surface area contributed by atoms with Crippen molar-refractivity contribution in [3.63, 3.8) is 0 Å². The fourth-order valence-corrected chi connectivity index (χ4v) is 4.12. The molecular weight excluding hydrogens is 304 g/mol. The highest BCUT2D eigenvalue weighted by Gasteiger charge is 2.23. The Bertz CT molecular complexity index is 484. The van der Waals surface area contributed by atoms with Crippen molar-refractivity contribution in [1.29, 1.82) is 0 Å². The van der Waals surface area contributed by atoms with Gasteiger partial charge in [-0.3, -0.25) is 0 Å². The molecule has 0 aliphatic carbocycles. The van der Waals surface area contributed by atoms with Crippen molar-refractivity contribution < 1.29 is 8.42 Å². The van der Waals surface area contributed by atoms with E-state index in [9.17, 15) is 8.42 Å².